The first-order valence-electron chi connectivity index (χ1n) is 6.36. The molecular formula is C12H13N5O3S. The third-order valence-electron chi connectivity index (χ3n) is 3.05. The van der Waals surface area contributed by atoms with Crippen LogP contribution in [0.1, 0.15) is 17.8 Å². The zero-order valence-corrected chi connectivity index (χ0v) is 11.8. The van der Waals surface area contributed by atoms with Crippen molar-refractivity contribution in [3.05, 3.63) is 46.1 Å². The molecule has 1 aromatic heterocycles. The highest BCUT2D eigenvalue weighted by atomic mass is 32.2. The van der Waals surface area contributed by atoms with Gasteiger partial charge in [0.25, 0.3) is 10.0 Å². The topological polar surface area (TPSA) is 120 Å². The first-order chi connectivity index (χ1) is 10.1. The van der Waals surface area contributed by atoms with Gasteiger partial charge in [0.05, 0.1) is 4.90 Å². The summed E-state index contributed by atoms with van der Waals surface area (Å²) < 4.78 is 26.2. The molecule has 0 fully saturated rings. The van der Waals surface area contributed by atoms with Crippen molar-refractivity contribution in [2.75, 3.05) is 6.54 Å². The van der Waals surface area contributed by atoms with Crippen LogP contribution in [0.3, 0.4) is 0 Å². The molecule has 1 aliphatic rings. The van der Waals surface area contributed by atoms with E-state index >= 15 is 0 Å². The zero-order chi connectivity index (χ0) is 14.9. The van der Waals surface area contributed by atoms with Gasteiger partial charge in [0, 0.05) is 18.5 Å². The number of nitrogens with one attached hydrogen (secondary N) is 3. The molecule has 3 N–H and O–H groups in total. The molecule has 0 aliphatic carbocycles. The van der Waals surface area contributed by atoms with Crippen molar-refractivity contribution >= 4 is 15.9 Å². The lowest BCUT2D eigenvalue weighted by Gasteiger charge is -1.98. The summed E-state index contributed by atoms with van der Waals surface area (Å²) in [6.07, 6.45) is 1.21. The van der Waals surface area contributed by atoms with E-state index in [1.807, 2.05) is 0 Å². The maximum atomic E-state index is 11.9. The molecule has 21 heavy (non-hydrogen) atoms. The van der Waals surface area contributed by atoms with Crippen LogP contribution in [0.25, 0.3) is 0 Å². The van der Waals surface area contributed by atoms with E-state index in [0.29, 0.717) is 36.6 Å². The van der Waals surface area contributed by atoms with Crippen molar-refractivity contribution in [1.82, 2.24) is 19.9 Å². The molecule has 0 saturated carbocycles. The van der Waals surface area contributed by atoms with Gasteiger partial charge in [0.1, 0.15) is 11.7 Å². The molecule has 0 atom stereocenters. The number of hydrogen-bond donors (Lipinski definition) is 3. The van der Waals surface area contributed by atoms with E-state index in [-0.39, 0.29) is 10.6 Å². The number of hydrogen-bond acceptors (Lipinski definition) is 5. The normalized spacial score (nSPS) is 17.6. The molecule has 9 heteroatoms. The minimum absolute atomic E-state index is 0.250. The van der Waals surface area contributed by atoms with Crippen molar-refractivity contribution in [3.63, 3.8) is 0 Å². The van der Waals surface area contributed by atoms with Gasteiger partial charge >= 0.3 is 5.69 Å². The molecule has 0 amide bonds. The number of aromatic amines is 2. The summed E-state index contributed by atoms with van der Waals surface area (Å²) in [5.41, 5.74) is 0.250. The SMILES string of the molecule is O=c1[nH]nc(CCCN=C2NS(=O)(=O)c3ccccc32)[nH]1. The van der Waals surface area contributed by atoms with E-state index in [0.717, 1.165) is 0 Å². The number of nitrogens with zero attached hydrogens (tertiary/aromatic N) is 2. The van der Waals surface area contributed by atoms with Crippen LogP contribution in [0.15, 0.2) is 38.9 Å². The predicted octanol–water partition coefficient (Wildman–Crippen LogP) is -0.231. The molecule has 1 aromatic carbocycles. The first-order valence-corrected chi connectivity index (χ1v) is 7.85. The van der Waals surface area contributed by atoms with Gasteiger partial charge in [0.15, 0.2) is 0 Å². The van der Waals surface area contributed by atoms with Crippen LogP contribution >= 0.6 is 0 Å². The molecule has 110 valence electrons. The molecule has 0 radical (unpaired) electrons. The van der Waals surface area contributed by atoms with Gasteiger partial charge in [-0.25, -0.2) is 18.3 Å². The minimum Gasteiger partial charge on any atom is -0.293 e. The maximum absolute atomic E-state index is 11.9. The van der Waals surface area contributed by atoms with Gasteiger partial charge in [-0.2, -0.15) is 5.10 Å². The third kappa shape index (κ3) is 2.72. The summed E-state index contributed by atoms with van der Waals surface area (Å²) in [4.78, 5) is 17.9. The fourth-order valence-electron chi connectivity index (χ4n) is 2.11. The fourth-order valence-corrected chi connectivity index (χ4v) is 3.36. The second kappa shape index (κ2) is 5.17. The monoisotopic (exact) mass is 307 g/mol. The number of fused-ring (bicyclic) bond motifs is 1. The maximum Gasteiger partial charge on any atom is 0.340 e. The van der Waals surface area contributed by atoms with Crippen LogP contribution in [0.4, 0.5) is 0 Å². The Bertz CT molecular complexity index is 850. The van der Waals surface area contributed by atoms with E-state index in [2.05, 4.69) is 24.9 Å². The molecule has 1 aliphatic heterocycles. The molecule has 8 nitrogen and oxygen atoms in total. The number of amidine groups is 1. The standard InChI is InChI=1S/C12H13N5O3S/c18-12-14-10(15-16-12)6-3-7-13-11-8-4-1-2-5-9(8)21(19,20)17-11/h1-2,4-5H,3,6-7H2,(H,13,17)(H2,14,15,16,18). The Kier molecular flexibility index (Phi) is 3.34. The van der Waals surface area contributed by atoms with Crippen LogP contribution < -0.4 is 10.4 Å². The van der Waals surface area contributed by atoms with Crippen LogP contribution in [0.2, 0.25) is 0 Å². The summed E-state index contributed by atoms with van der Waals surface area (Å²) in [5, 5.41) is 6.08. The van der Waals surface area contributed by atoms with Crippen molar-refractivity contribution in [2.24, 2.45) is 4.99 Å². The third-order valence-corrected chi connectivity index (χ3v) is 4.45. The lowest BCUT2D eigenvalue weighted by atomic mass is 10.2. The van der Waals surface area contributed by atoms with Crippen LogP contribution in [-0.2, 0) is 16.4 Å². The Morgan fingerprint density at radius 2 is 2.05 bits per heavy atom. The number of sulfonamides is 1. The van der Waals surface area contributed by atoms with Gasteiger partial charge in [0.2, 0.25) is 0 Å². The second-order valence-corrected chi connectivity index (χ2v) is 6.21. The molecule has 3 rings (SSSR count). The summed E-state index contributed by atoms with van der Waals surface area (Å²) in [5.74, 6) is 0.925. The van der Waals surface area contributed by atoms with Gasteiger partial charge in [-0.05, 0) is 18.6 Å². The smallest absolute Gasteiger partial charge is 0.293 e. The Labute approximate surface area is 120 Å². The number of H-pyrrole nitrogens is 2. The van der Waals surface area contributed by atoms with Crippen LogP contribution in [0.5, 0.6) is 0 Å². The molecule has 2 aromatic rings. The zero-order valence-electron chi connectivity index (χ0n) is 11.0. The summed E-state index contributed by atoms with van der Waals surface area (Å²) in [6, 6.07) is 6.71. The molecule has 0 unspecified atom stereocenters. The number of aromatic nitrogens is 3. The fraction of sp³-hybridized carbons (Fsp3) is 0.250. The minimum atomic E-state index is -3.49. The van der Waals surface area contributed by atoms with Crippen LogP contribution in [-0.4, -0.2) is 36.0 Å². The Morgan fingerprint density at radius 3 is 2.81 bits per heavy atom. The van der Waals surface area contributed by atoms with Gasteiger partial charge in [-0.1, -0.05) is 12.1 Å². The molecule has 2 heterocycles. The van der Waals surface area contributed by atoms with Gasteiger partial charge < -0.3 is 0 Å². The predicted molar refractivity (Wildman–Crippen MR) is 75.7 cm³/mol. The average molecular weight is 307 g/mol. The number of aliphatic imine (C=N–C) groups is 1. The van der Waals surface area contributed by atoms with Crippen LogP contribution in [0, 0.1) is 0 Å². The van der Waals surface area contributed by atoms with Crippen molar-refractivity contribution in [1.29, 1.82) is 0 Å². The number of rotatable bonds is 4. The molecule has 0 bridgehead atoms. The highest BCUT2D eigenvalue weighted by Crippen LogP contribution is 2.22. The molecular weight excluding hydrogens is 294 g/mol. The Balaban J connectivity index is 1.69. The second-order valence-electron chi connectivity index (χ2n) is 4.56. The average Bonchev–Trinajstić information content (AvgIpc) is 2.98. The number of benzene rings is 1. The lowest BCUT2D eigenvalue weighted by molar-refractivity contribution is 0.595. The van der Waals surface area contributed by atoms with E-state index in [4.69, 9.17) is 0 Å². The van der Waals surface area contributed by atoms with E-state index in [1.165, 1.54) is 0 Å². The largest absolute Gasteiger partial charge is 0.340 e. The number of aryl methyl sites for hydroxylation is 1. The van der Waals surface area contributed by atoms with Crippen molar-refractivity contribution in [3.8, 4) is 0 Å². The van der Waals surface area contributed by atoms with Crippen molar-refractivity contribution < 1.29 is 8.42 Å². The highest BCUT2D eigenvalue weighted by molar-refractivity contribution is 7.90. The lowest BCUT2D eigenvalue weighted by Crippen LogP contribution is -2.22. The molecule has 0 saturated heterocycles. The van der Waals surface area contributed by atoms with E-state index in [9.17, 15) is 13.2 Å². The first kappa shape index (κ1) is 13.6. The quantitative estimate of drug-likeness (QED) is 0.676. The highest BCUT2D eigenvalue weighted by Gasteiger charge is 2.29. The van der Waals surface area contributed by atoms with Crippen molar-refractivity contribution in [2.45, 2.75) is 17.7 Å². The Morgan fingerprint density at radius 1 is 1.24 bits per heavy atom. The van der Waals surface area contributed by atoms with Gasteiger partial charge in [-0.3, -0.25) is 14.7 Å². The summed E-state index contributed by atoms with van der Waals surface area (Å²) >= 11 is 0. The van der Waals surface area contributed by atoms with E-state index in [1.54, 1.807) is 24.3 Å². The summed E-state index contributed by atoms with van der Waals surface area (Å²) in [6.45, 7) is 0.432. The summed E-state index contributed by atoms with van der Waals surface area (Å²) in [7, 11) is -3.49. The van der Waals surface area contributed by atoms with E-state index < -0.39 is 10.0 Å². The molecule has 0 spiro atoms. The van der Waals surface area contributed by atoms with Gasteiger partial charge in [-0.15, -0.1) is 0 Å². The Hall–Kier alpha value is -2.42.